The number of anilines is 1. The Morgan fingerprint density at radius 2 is 2.05 bits per heavy atom. The molecular weight excluding hydrogens is 272 g/mol. The fourth-order valence-electron chi connectivity index (χ4n) is 2.49. The molecule has 1 heterocycles. The van der Waals surface area contributed by atoms with Gasteiger partial charge in [0.1, 0.15) is 0 Å². The highest BCUT2D eigenvalue weighted by atomic mass is 16.4. The molecule has 21 heavy (non-hydrogen) atoms. The van der Waals surface area contributed by atoms with Crippen molar-refractivity contribution in [1.29, 1.82) is 0 Å². The fraction of sp³-hybridized carbons (Fsp3) is 0.400. The number of carbonyl (C=O) groups excluding carboxylic acids is 2. The molecule has 0 unspecified atom stereocenters. The summed E-state index contributed by atoms with van der Waals surface area (Å²) >= 11 is 0. The molecule has 6 heteroatoms. The van der Waals surface area contributed by atoms with Crippen molar-refractivity contribution in [3.05, 3.63) is 29.3 Å². The largest absolute Gasteiger partial charge is 0.481 e. The van der Waals surface area contributed by atoms with Crippen molar-refractivity contribution in [3.63, 3.8) is 0 Å². The predicted molar refractivity (Wildman–Crippen MR) is 75.0 cm³/mol. The van der Waals surface area contributed by atoms with Gasteiger partial charge in [0, 0.05) is 24.2 Å². The number of nitrogens with one attached hydrogen (secondary N) is 2. The van der Waals surface area contributed by atoms with Crippen LogP contribution in [-0.2, 0) is 16.0 Å². The van der Waals surface area contributed by atoms with Gasteiger partial charge < -0.3 is 15.7 Å². The lowest BCUT2D eigenvalue weighted by Crippen LogP contribution is -2.34. The summed E-state index contributed by atoms with van der Waals surface area (Å²) in [6.07, 6.45) is 2.25. The van der Waals surface area contributed by atoms with E-state index < -0.39 is 11.4 Å². The number of hydrogen-bond donors (Lipinski definition) is 3. The van der Waals surface area contributed by atoms with Gasteiger partial charge in [-0.15, -0.1) is 0 Å². The third-order valence-corrected chi connectivity index (χ3v) is 4.16. The SMILES string of the molecule is O=C1CCc2cc(C(=O)NCC3(C(=O)O)CC3)ccc2N1. The van der Waals surface area contributed by atoms with Gasteiger partial charge >= 0.3 is 5.97 Å². The zero-order valence-corrected chi connectivity index (χ0v) is 11.4. The van der Waals surface area contributed by atoms with Crippen LogP contribution >= 0.6 is 0 Å². The molecule has 0 spiro atoms. The van der Waals surface area contributed by atoms with Gasteiger partial charge in [0.2, 0.25) is 5.91 Å². The highest BCUT2D eigenvalue weighted by Gasteiger charge is 2.50. The molecule has 0 radical (unpaired) electrons. The maximum absolute atomic E-state index is 12.1. The van der Waals surface area contributed by atoms with Crippen molar-refractivity contribution in [2.24, 2.45) is 5.41 Å². The molecule has 2 aliphatic rings. The van der Waals surface area contributed by atoms with E-state index in [4.69, 9.17) is 5.11 Å². The predicted octanol–water partition coefficient (Wildman–Crippen LogP) is 1.17. The van der Waals surface area contributed by atoms with E-state index >= 15 is 0 Å². The van der Waals surface area contributed by atoms with E-state index in [2.05, 4.69) is 10.6 Å². The van der Waals surface area contributed by atoms with Crippen LogP contribution in [0.5, 0.6) is 0 Å². The van der Waals surface area contributed by atoms with Crippen LogP contribution in [0.2, 0.25) is 0 Å². The number of carbonyl (C=O) groups is 3. The molecule has 1 fully saturated rings. The van der Waals surface area contributed by atoms with E-state index in [0.717, 1.165) is 11.3 Å². The summed E-state index contributed by atoms with van der Waals surface area (Å²) in [7, 11) is 0. The molecule has 0 bridgehead atoms. The Morgan fingerprint density at radius 3 is 2.71 bits per heavy atom. The first-order valence-electron chi connectivity index (χ1n) is 6.95. The second-order valence-corrected chi connectivity index (χ2v) is 5.69. The van der Waals surface area contributed by atoms with Crippen LogP contribution in [0.15, 0.2) is 18.2 Å². The molecular formula is C15H16N2O4. The second kappa shape index (κ2) is 4.87. The van der Waals surface area contributed by atoms with Crippen molar-refractivity contribution in [2.75, 3.05) is 11.9 Å². The van der Waals surface area contributed by atoms with Gasteiger partial charge in [0.25, 0.3) is 5.91 Å². The minimum absolute atomic E-state index is 0.0168. The average molecular weight is 288 g/mol. The molecule has 2 amide bonds. The standard InChI is InChI=1S/C15H16N2O4/c18-12-4-2-9-7-10(1-3-11(9)17-12)13(19)16-8-15(5-6-15)14(20)21/h1,3,7H,2,4-6,8H2,(H,16,19)(H,17,18)(H,20,21). The summed E-state index contributed by atoms with van der Waals surface area (Å²) in [4.78, 5) is 34.4. The van der Waals surface area contributed by atoms with Gasteiger partial charge in [-0.3, -0.25) is 14.4 Å². The number of carboxylic acids is 1. The zero-order valence-electron chi connectivity index (χ0n) is 11.4. The number of rotatable bonds is 4. The lowest BCUT2D eigenvalue weighted by atomic mass is 10.00. The quantitative estimate of drug-likeness (QED) is 0.775. The Labute approximate surface area is 121 Å². The van der Waals surface area contributed by atoms with Crippen molar-refractivity contribution < 1.29 is 19.5 Å². The highest BCUT2D eigenvalue weighted by Crippen LogP contribution is 2.45. The number of hydrogen-bond acceptors (Lipinski definition) is 3. The first kappa shape index (κ1) is 13.6. The van der Waals surface area contributed by atoms with Crippen molar-refractivity contribution in [3.8, 4) is 0 Å². The minimum atomic E-state index is -0.851. The van der Waals surface area contributed by atoms with E-state index in [1.54, 1.807) is 18.2 Å². The molecule has 0 saturated heterocycles. The summed E-state index contributed by atoms with van der Waals surface area (Å²) in [5.74, 6) is -1.14. The molecule has 0 atom stereocenters. The van der Waals surface area contributed by atoms with Crippen LogP contribution in [0.3, 0.4) is 0 Å². The maximum atomic E-state index is 12.1. The summed E-state index contributed by atoms with van der Waals surface area (Å²) in [6.45, 7) is 0.162. The molecule has 1 aliphatic heterocycles. The Hall–Kier alpha value is -2.37. The van der Waals surface area contributed by atoms with E-state index in [1.165, 1.54) is 0 Å². The smallest absolute Gasteiger partial charge is 0.311 e. The fourth-order valence-corrected chi connectivity index (χ4v) is 2.49. The molecule has 1 aliphatic carbocycles. The molecule has 1 aromatic carbocycles. The number of benzene rings is 1. The maximum Gasteiger partial charge on any atom is 0.311 e. The Kier molecular flexibility index (Phi) is 3.16. The van der Waals surface area contributed by atoms with Gasteiger partial charge in [0.15, 0.2) is 0 Å². The Morgan fingerprint density at radius 1 is 1.29 bits per heavy atom. The van der Waals surface area contributed by atoms with Crippen LogP contribution in [0.1, 0.15) is 35.2 Å². The topological polar surface area (TPSA) is 95.5 Å². The van der Waals surface area contributed by atoms with E-state index in [1.807, 2.05) is 0 Å². The molecule has 6 nitrogen and oxygen atoms in total. The first-order chi connectivity index (χ1) is 10.00. The summed E-state index contributed by atoms with van der Waals surface area (Å²) < 4.78 is 0. The first-order valence-corrected chi connectivity index (χ1v) is 6.95. The van der Waals surface area contributed by atoms with Gasteiger partial charge in [-0.1, -0.05) is 0 Å². The van der Waals surface area contributed by atoms with E-state index in [9.17, 15) is 14.4 Å². The van der Waals surface area contributed by atoms with Gasteiger partial charge in [-0.05, 0) is 43.0 Å². The lowest BCUT2D eigenvalue weighted by molar-refractivity contribution is -0.143. The lowest BCUT2D eigenvalue weighted by Gasteiger charge is -2.17. The normalized spacial score (nSPS) is 18.4. The second-order valence-electron chi connectivity index (χ2n) is 5.69. The minimum Gasteiger partial charge on any atom is -0.481 e. The van der Waals surface area contributed by atoms with Crippen LogP contribution in [0.4, 0.5) is 5.69 Å². The molecule has 110 valence electrons. The summed E-state index contributed by atoms with van der Waals surface area (Å²) in [5.41, 5.74) is 1.40. The average Bonchev–Trinajstić information content (AvgIpc) is 3.25. The van der Waals surface area contributed by atoms with Crippen molar-refractivity contribution >= 4 is 23.5 Å². The third-order valence-electron chi connectivity index (χ3n) is 4.16. The number of aryl methyl sites for hydroxylation is 1. The van der Waals surface area contributed by atoms with Crippen LogP contribution in [-0.4, -0.2) is 29.4 Å². The van der Waals surface area contributed by atoms with E-state index in [-0.39, 0.29) is 18.4 Å². The number of aliphatic carboxylic acids is 1. The van der Waals surface area contributed by atoms with Crippen LogP contribution in [0.25, 0.3) is 0 Å². The molecule has 3 N–H and O–H groups in total. The van der Waals surface area contributed by atoms with Crippen LogP contribution in [0, 0.1) is 5.41 Å². The Bertz CT molecular complexity index is 635. The monoisotopic (exact) mass is 288 g/mol. The summed E-state index contributed by atoms with van der Waals surface area (Å²) in [5, 5.41) is 14.5. The van der Waals surface area contributed by atoms with Crippen molar-refractivity contribution in [2.45, 2.75) is 25.7 Å². The van der Waals surface area contributed by atoms with Gasteiger partial charge in [-0.25, -0.2) is 0 Å². The molecule has 1 saturated carbocycles. The zero-order chi connectivity index (χ0) is 15.0. The van der Waals surface area contributed by atoms with Gasteiger partial charge in [-0.2, -0.15) is 0 Å². The molecule has 3 rings (SSSR count). The number of carboxylic acid groups (broad SMARTS) is 1. The highest BCUT2D eigenvalue weighted by molar-refractivity contribution is 5.98. The third kappa shape index (κ3) is 2.61. The van der Waals surface area contributed by atoms with Crippen molar-refractivity contribution in [1.82, 2.24) is 5.32 Å². The number of fused-ring (bicyclic) bond motifs is 1. The number of amides is 2. The molecule has 0 aromatic heterocycles. The van der Waals surface area contributed by atoms with Crippen LogP contribution < -0.4 is 10.6 Å². The Balaban J connectivity index is 1.68. The van der Waals surface area contributed by atoms with Gasteiger partial charge in [0.05, 0.1) is 5.41 Å². The van der Waals surface area contributed by atoms with E-state index in [0.29, 0.717) is 31.2 Å². The summed E-state index contributed by atoms with van der Waals surface area (Å²) in [6, 6.07) is 5.11. The molecule has 1 aromatic rings.